The number of nitrogens with one attached hydrogen (secondary N) is 1. The molecule has 1 N–H and O–H groups in total. The zero-order chi connectivity index (χ0) is 35.6. The highest BCUT2D eigenvalue weighted by molar-refractivity contribution is 7.98. The number of amides is 2. The van der Waals surface area contributed by atoms with Crippen molar-refractivity contribution >= 4 is 62.5 Å². The van der Waals surface area contributed by atoms with Gasteiger partial charge in [-0.1, -0.05) is 78.7 Å². The maximum Gasteiger partial charge on any atom is 0.264 e. The molecule has 12 heteroatoms. The standard InChI is InChI=1S/C37H41Cl2N3O5S2/c1-5-26(3)40-37(44)34(23-27-12-8-7-9-13-27)41(24-28-16-21-31(38)32(39)22-28)36(43)25-42(33-14-10-11-15-35(33)47-6-2)49(45,46)30-19-17-29(48-4)18-20-30/h7-22,26,34H,5-6,23-25H2,1-4H3,(H,40,44)/t26-,34+/m0/s1. The van der Waals surface area contributed by atoms with Crippen molar-refractivity contribution in [1.29, 1.82) is 0 Å². The molecule has 0 unspecified atom stereocenters. The van der Waals surface area contributed by atoms with Gasteiger partial charge in [-0.2, -0.15) is 0 Å². The van der Waals surface area contributed by atoms with Gasteiger partial charge in [0.1, 0.15) is 18.3 Å². The minimum Gasteiger partial charge on any atom is -0.492 e. The molecule has 0 heterocycles. The molecule has 4 aromatic rings. The molecule has 0 aliphatic rings. The molecule has 4 rings (SSSR count). The lowest BCUT2D eigenvalue weighted by atomic mass is 10.0. The van der Waals surface area contributed by atoms with Crippen LogP contribution < -0.4 is 14.4 Å². The quantitative estimate of drug-likeness (QED) is 0.118. The van der Waals surface area contributed by atoms with Crippen molar-refractivity contribution in [1.82, 2.24) is 10.2 Å². The lowest BCUT2D eigenvalue weighted by molar-refractivity contribution is -0.140. The van der Waals surface area contributed by atoms with Crippen LogP contribution in [0.15, 0.2) is 107 Å². The van der Waals surface area contributed by atoms with E-state index < -0.39 is 28.5 Å². The third-order valence-corrected chi connectivity index (χ3v) is 11.2. The van der Waals surface area contributed by atoms with Crippen molar-refractivity contribution in [2.45, 2.75) is 62.0 Å². The van der Waals surface area contributed by atoms with Crippen LogP contribution in [0.25, 0.3) is 0 Å². The fraction of sp³-hybridized carbons (Fsp3) is 0.297. The van der Waals surface area contributed by atoms with E-state index in [1.807, 2.05) is 50.4 Å². The van der Waals surface area contributed by atoms with Crippen LogP contribution in [0, 0.1) is 0 Å². The number of benzene rings is 4. The van der Waals surface area contributed by atoms with Gasteiger partial charge in [0.05, 0.1) is 27.2 Å². The smallest absolute Gasteiger partial charge is 0.264 e. The fourth-order valence-electron chi connectivity index (χ4n) is 5.16. The molecule has 0 aromatic heterocycles. The van der Waals surface area contributed by atoms with Crippen LogP contribution in [-0.4, -0.2) is 56.6 Å². The normalized spacial score (nSPS) is 12.5. The topological polar surface area (TPSA) is 96.0 Å². The number of rotatable bonds is 16. The van der Waals surface area contributed by atoms with E-state index in [1.165, 1.54) is 28.8 Å². The first kappa shape index (κ1) is 38.1. The van der Waals surface area contributed by atoms with Gasteiger partial charge in [-0.3, -0.25) is 13.9 Å². The second-order valence-corrected chi connectivity index (χ2v) is 14.9. The van der Waals surface area contributed by atoms with Crippen LogP contribution >= 0.6 is 35.0 Å². The Morgan fingerprint density at radius 1 is 0.878 bits per heavy atom. The van der Waals surface area contributed by atoms with Gasteiger partial charge in [0.2, 0.25) is 11.8 Å². The maximum absolute atomic E-state index is 14.8. The number of ether oxygens (including phenoxy) is 1. The highest BCUT2D eigenvalue weighted by atomic mass is 35.5. The molecule has 4 aromatic carbocycles. The molecule has 0 fully saturated rings. The van der Waals surface area contributed by atoms with E-state index in [4.69, 9.17) is 27.9 Å². The molecule has 2 atom stereocenters. The van der Waals surface area contributed by atoms with Crippen molar-refractivity contribution in [2.24, 2.45) is 0 Å². The SMILES string of the molecule is CCOc1ccccc1N(CC(=O)N(Cc1ccc(Cl)c(Cl)c1)[C@H](Cc1ccccc1)C(=O)N[C@@H](C)CC)S(=O)(=O)c1ccc(SC)cc1. The van der Waals surface area contributed by atoms with Gasteiger partial charge in [0.25, 0.3) is 10.0 Å². The third kappa shape index (κ3) is 9.94. The number of carbonyl (C=O) groups is 2. The molecule has 0 radical (unpaired) electrons. The van der Waals surface area contributed by atoms with Crippen LogP contribution in [-0.2, 0) is 32.6 Å². The minimum atomic E-state index is -4.30. The Labute approximate surface area is 303 Å². The lowest BCUT2D eigenvalue weighted by Crippen LogP contribution is -2.54. The lowest BCUT2D eigenvalue weighted by Gasteiger charge is -2.34. The number of halogens is 2. The van der Waals surface area contributed by atoms with Crippen molar-refractivity contribution in [3.05, 3.63) is 118 Å². The molecule has 0 aliphatic heterocycles. The molecule has 8 nitrogen and oxygen atoms in total. The number of nitrogens with zero attached hydrogens (tertiary/aromatic N) is 2. The molecule has 0 spiro atoms. The molecule has 2 amide bonds. The van der Waals surface area contributed by atoms with Crippen LogP contribution in [0.1, 0.15) is 38.3 Å². The number of carbonyl (C=O) groups excluding carboxylic acids is 2. The second kappa shape index (κ2) is 17.8. The number of anilines is 1. The van der Waals surface area contributed by atoms with E-state index in [1.54, 1.807) is 61.5 Å². The number of thioether (sulfide) groups is 1. The molecule has 49 heavy (non-hydrogen) atoms. The van der Waals surface area contributed by atoms with Gasteiger partial charge in [-0.05, 0) is 86.2 Å². The summed E-state index contributed by atoms with van der Waals surface area (Å²) in [5, 5.41) is 3.67. The van der Waals surface area contributed by atoms with E-state index in [2.05, 4.69) is 5.32 Å². The van der Waals surface area contributed by atoms with Crippen molar-refractivity contribution in [3.8, 4) is 5.75 Å². The summed E-state index contributed by atoms with van der Waals surface area (Å²) in [5.74, 6) is -0.654. The predicted molar refractivity (Wildman–Crippen MR) is 199 cm³/mol. The van der Waals surface area contributed by atoms with E-state index in [0.29, 0.717) is 27.8 Å². The Bertz CT molecular complexity index is 1830. The van der Waals surface area contributed by atoms with Crippen molar-refractivity contribution in [3.63, 3.8) is 0 Å². The summed E-state index contributed by atoms with van der Waals surface area (Å²) in [6.45, 7) is 5.28. The summed E-state index contributed by atoms with van der Waals surface area (Å²) in [4.78, 5) is 31.1. The molecule has 0 saturated carbocycles. The van der Waals surface area contributed by atoms with E-state index >= 15 is 0 Å². The van der Waals surface area contributed by atoms with Gasteiger partial charge in [0.15, 0.2) is 0 Å². The zero-order valence-electron chi connectivity index (χ0n) is 27.9. The first-order chi connectivity index (χ1) is 23.5. The summed E-state index contributed by atoms with van der Waals surface area (Å²) >= 11 is 14.1. The van der Waals surface area contributed by atoms with Gasteiger partial charge >= 0.3 is 0 Å². The Balaban J connectivity index is 1.86. The minimum absolute atomic E-state index is 0.00998. The number of sulfonamides is 1. The van der Waals surface area contributed by atoms with Crippen LogP contribution in [0.4, 0.5) is 5.69 Å². The summed E-state index contributed by atoms with van der Waals surface area (Å²) < 4.78 is 35.8. The fourth-order valence-corrected chi connectivity index (χ4v) is 7.31. The number of hydrogen-bond donors (Lipinski definition) is 1. The maximum atomic E-state index is 14.8. The second-order valence-electron chi connectivity index (χ2n) is 11.4. The summed E-state index contributed by atoms with van der Waals surface area (Å²) in [7, 11) is -4.30. The largest absolute Gasteiger partial charge is 0.492 e. The Kier molecular flexibility index (Phi) is 13.8. The Morgan fingerprint density at radius 3 is 2.18 bits per heavy atom. The number of hydrogen-bond acceptors (Lipinski definition) is 6. The first-order valence-electron chi connectivity index (χ1n) is 15.9. The molecule has 0 aliphatic carbocycles. The average Bonchev–Trinajstić information content (AvgIpc) is 3.10. The predicted octanol–water partition coefficient (Wildman–Crippen LogP) is 7.86. The van der Waals surface area contributed by atoms with Crippen molar-refractivity contribution < 1.29 is 22.7 Å². The molecule has 260 valence electrons. The highest BCUT2D eigenvalue weighted by Crippen LogP contribution is 2.34. The van der Waals surface area contributed by atoms with Crippen LogP contribution in [0.3, 0.4) is 0 Å². The Morgan fingerprint density at radius 2 is 1.55 bits per heavy atom. The van der Waals surface area contributed by atoms with Gasteiger partial charge < -0.3 is 15.0 Å². The Hall–Kier alpha value is -3.70. The molecule has 0 bridgehead atoms. The average molecular weight is 743 g/mol. The zero-order valence-corrected chi connectivity index (χ0v) is 31.1. The summed E-state index contributed by atoms with van der Waals surface area (Å²) in [6, 6.07) is 26.4. The number of para-hydroxylation sites is 2. The highest BCUT2D eigenvalue weighted by Gasteiger charge is 2.36. The van der Waals surface area contributed by atoms with Crippen LogP contribution in [0.5, 0.6) is 5.75 Å². The monoisotopic (exact) mass is 741 g/mol. The van der Waals surface area contributed by atoms with Gasteiger partial charge in [0, 0.05) is 23.9 Å². The molecular formula is C37H41Cl2N3O5S2. The van der Waals surface area contributed by atoms with E-state index in [-0.39, 0.29) is 42.1 Å². The third-order valence-electron chi connectivity index (χ3n) is 7.97. The van der Waals surface area contributed by atoms with Crippen LogP contribution in [0.2, 0.25) is 10.0 Å². The summed E-state index contributed by atoms with van der Waals surface area (Å²) in [5.41, 5.74) is 1.65. The summed E-state index contributed by atoms with van der Waals surface area (Å²) in [6.07, 6.45) is 2.77. The van der Waals surface area contributed by atoms with Gasteiger partial charge in [-0.25, -0.2) is 8.42 Å². The van der Waals surface area contributed by atoms with E-state index in [9.17, 15) is 18.0 Å². The van der Waals surface area contributed by atoms with E-state index in [0.717, 1.165) is 14.8 Å². The molecule has 0 saturated heterocycles. The van der Waals surface area contributed by atoms with Gasteiger partial charge in [-0.15, -0.1) is 11.8 Å². The molecular weight excluding hydrogens is 701 g/mol. The first-order valence-corrected chi connectivity index (χ1v) is 19.4. The van der Waals surface area contributed by atoms with Crippen molar-refractivity contribution in [2.75, 3.05) is 23.7 Å².